The summed E-state index contributed by atoms with van der Waals surface area (Å²) in [5.74, 6) is -0.0125. The molecular weight excluding hydrogens is 216 g/mol. The van der Waals surface area contributed by atoms with Crippen molar-refractivity contribution in [2.24, 2.45) is 5.73 Å². The highest BCUT2D eigenvalue weighted by molar-refractivity contribution is 5.95. The molecule has 1 fully saturated rings. The van der Waals surface area contributed by atoms with Gasteiger partial charge in [0.25, 0.3) is 5.91 Å². The van der Waals surface area contributed by atoms with Gasteiger partial charge in [0.05, 0.1) is 12.1 Å². The number of carbonyl (C=O) groups excluding carboxylic acids is 1. The second kappa shape index (κ2) is 4.47. The Kier molecular flexibility index (Phi) is 3.17. The number of hydrogen-bond acceptors (Lipinski definition) is 3. The van der Waals surface area contributed by atoms with Gasteiger partial charge in [-0.15, -0.1) is 0 Å². The van der Waals surface area contributed by atoms with Gasteiger partial charge in [0.2, 0.25) is 0 Å². The van der Waals surface area contributed by atoms with Crippen molar-refractivity contribution in [3.05, 3.63) is 29.8 Å². The van der Waals surface area contributed by atoms with Crippen molar-refractivity contribution in [2.45, 2.75) is 19.4 Å². The van der Waals surface area contributed by atoms with E-state index in [1.165, 1.54) is 0 Å². The highest BCUT2D eigenvalue weighted by atomic mass is 16.5. The number of benzene rings is 1. The third-order valence-electron chi connectivity index (χ3n) is 3.08. The van der Waals surface area contributed by atoms with E-state index in [2.05, 4.69) is 0 Å². The van der Waals surface area contributed by atoms with E-state index < -0.39 is 5.60 Å². The maximum atomic E-state index is 11.9. The van der Waals surface area contributed by atoms with Gasteiger partial charge in [-0.25, -0.2) is 0 Å². The van der Waals surface area contributed by atoms with E-state index in [1.54, 1.807) is 4.90 Å². The van der Waals surface area contributed by atoms with E-state index in [0.29, 0.717) is 13.1 Å². The molecule has 0 aliphatic carbocycles. The topological polar surface area (TPSA) is 55.6 Å². The van der Waals surface area contributed by atoms with Crippen molar-refractivity contribution in [2.75, 3.05) is 24.6 Å². The van der Waals surface area contributed by atoms with Crippen LogP contribution in [0.3, 0.4) is 0 Å². The number of nitrogens with zero attached hydrogens (tertiary/aromatic N) is 1. The summed E-state index contributed by atoms with van der Waals surface area (Å²) >= 11 is 0. The number of morpholine rings is 1. The van der Waals surface area contributed by atoms with Crippen LogP contribution in [0.2, 0.25) is 0 Å². The minimum Gasteiger partial charge on any atom is -0.362 e. The first-order chi connectivity index (χ1) is 8.04. The van der Waals surface area contributed by atoms with Gasteiger partial charge in [-0.1, -0.05) is 12.1 Å². The second-order valence-corrected chi connectivity index (χ2v) is 4.76. The summed E-state index contributed by atoms with van der Waals surface area (Å²) in [6.07, 6.45) is 0. The standard InChI is InChI=1S/C13H18N2O2/c1-10-4-3-5-11(6-10)15-9-13(2,8-14)17-7-12(15)16/h3-6H,7-9,14H2,1-2H3. The van der Waals surface area contributed by atoms with Crippen molar-refractivity contribution < 1.29 is 9.53 Å². The average Bonchev–Trinajstić information content (AvgIpc) is 2.33. The Labute approximate surface area is 101 Å². The SMILES string of the molecule is Cc1cccc(N2CC(C)(CN)OCC2=O)c1. The molecule has 17 heavy (non-hydrogen) atoms. The van der Waals surface area contributed by atoms with Crippen molar-refractivity contribution in [3.8, 4) is 0 Å². The van der Waals surface area contributed by atoms with E-state index in [0.717, 1.165) is 11.3 Å². The monoisotopic (exact) mass is 234 g/mol. The summed E-state index contributed by atoms with van der Waals surface area (Å²) in [5.41, 5.74) is 7.29. The van der Waals surface area contributed by atoms with Gasteiger partial charge in [0.15, 0.2) is 0 Å². The Balaban J connectivity index is 2.27. The van der Waals surface area contributed by atoms with Crippen LogP contribution in [0.4, 0.5) is 5.69 Å². The third kappa shape index (κ3) is 2.48. The average molecular weight is 234 g/mol. The minimum absolute atomic E-state index is 0.0125. The zero-order chi connectivity index (χ0) is 12.5. The molecule has 92 valence electrons. The number of amides is 1. The molecule has 1 amide bonds. The van der Waals surface area contributed by atoms with Crippen LogP contribution < -0.4 is 10.6 Å². The quantitative estimate of drug-likeness (QED) is 0.833. The summed E-state index contributed by atoms with van der Waals surface area (Å²) in [7, 11) is 0. The van der Waals surface area contributed by atoms with Crippen LogP contribution in [0.5, 0.6) is 0 Å². The lowest BCUT2D eigenvalue weighted by molar-refractivity contribution is -0.135. The fraction of sp³-hybridized carbons (Fsp3) is 0.462. The summed E-state index contributed by atoms with van der Waals surface area (Å²) in [4.78, 5) is 13.6. The zero-order valence-corrected chi connectivity index (χ0v) is 10.3. The zero-order valence-electron chi connectivity index (χ0n) is 10.3. The molecule has 1 atom stereocenters. The van der Waals surface area contributed by atoms with E-state index in [4.69, 9.17) is 10.5 Å². The Bertz CT molecular complexity index is 433. The van der Waals surface area contributed by atoms with Gasteiger partial charge >= 0.3 is 0 Å². The maximum absolute atomic E-state index is 11.9. The van der Waals surface area contributed by atoms with E-state index >= 15 is 0 Å². The second-order valence-electron chi connectivity index (χ2n) is 4.76. The van der Waals surface area contributed by atoms with Crippen LogP contribution in [0.15, 0.2) is 24.3 Å². The van der Waals surface area contributed by atoms with Gasteiger partial charge in [-0.05, 0) is 31.5 Å². The molecule has 0 aromatic heterocycles. The van der Waals surface area contributed by atoms with Crippen LogP contribution in [-0.4, -0.2) is 31.2 Å². The molecule has 0 radical (unpaired) electrons. The molecule has 2 N–H and O–H groups in total. The number of anilines is 1. The predicted molar refractivity (Wildman–Crippen MR) is 66.9 cm³/mol. The van der Waals surface area contributed by atoms with Crippen molar-refractivity contribution in [3.63, 3.8) is 0 Å². The molecule has 1 aliphatic rings. The van der Waals surface area contributed by atoms with E-state index in [9.17, 15) is 4.79 Å². The summed E-state index contributed by atoms with van der Waals surface area (Å²) < 4.78 is 5.49. The molecule has 0 bridgehead atoms. The highest BCUT2D eigenvalue weighted by Crippen LogP contribution is 2.24. The number of nitrogens with two attached hydrogens (primary N) is 1. The first-order valence-corrected chi connectivity index (χ1v) is 5.75. The third-order valence-corrected chi connectivity index (χ3v) is 3.08. The number of ether oxygens (including phenoxy) is 1. The van der Waals surface area contributed by atoms with Gasteiger partial charge in [-0.3, -0.25) is 4.79 Å². The number of rotatable bonds is 2. The molecule has 4 nitrogen and oxygen atoms in total. The van der Waals surface area contributed by atoms with Crippen molar-refractivity contribution >= 4 is 11.6 Å². The molecule has 1 aliphatic heterocycles. The number of aryl methyl sites for hydroxylation is 1. The van der Waals surface area contributed by atoms with Gasteiger partial charge in [0.1, 0.15) is 6.61 Å². The van der Waals surface area contributed by atoms with E-state index in [-0.39, 0.29) is 12.5 Å². The molecule has 2 rings (SSSR count). The van der Waals surface area contributed by atoms with Crippen molar-refractivity contribution in [1.29, 1.82) is 0 Å². The largest absolute Gasteiger partial charge is 0.362 e. The lowest BCUT2D eigenvalue weighted by Gasteiger charge is -2.39. The van der Waals surface area contributed by atoms with Gasteiger partial charge < -0.3 is 15.4 Å². The number of carbonyl (C=O) groups is 1. The summed E-state index contributed by atoms with van der Waals surface area (Å²) in [6.45, 7) is 4.95. The lowest BCUT2D eigenvalue weighted by atomic mass is 10.0. The van der Waals surface area contributed by atoms with Crippen LogP contribution in [0.25, 0.3) is 0 Å². The molecule has 1 aromatic carbocycles. The normalized spacial score (nSPS) is 25.1. The van der Waals surface area contributed by atoms with Crippen LogP contribution >= 0.6 is 0 Å². The Morgan fingerprint density at radius 1 is 1.53 bits per heavy atom. The Morgan fingerprint density at radius 3 is 2.94 bits per heavy atom. The molecule has 0 spiro atoms. The fourth-order valence-electron chi connectivity index (χ4n) is 1.94. The highest BCUT2D eigenvalue weighted by Gasteiger charge is 2.35. The molecule has 1 saturated heterocycles. The summed E-state index contributed by atoms with van der Waals surface area (Å²) in [6, 6.07) is 7.90. The Morgan fingerprint density at radius 2 is 2.29 bits per heavy atom. The smallest absolute Gasteiger partial charge is 0.253 e. The predicted octanol–water partition coefficient (Wildman–Crippen LogP) is 1.08. The first kappa shape index (κ1) is 12.1. The molecule has 1 heterocycles. The molecule has 1 unspecified atom stereocenters. The van der Waals surface area contributed by atoms with Gasteiger partial charge in [-0.2, -0.15) is 0 Å². The minimum atomic E-state index is -0.447. The van der Waals surface area contributed by atoms with Gasteiger partial charge in [0, 0.05) is 12.2 Å². The first-order valence-electron chi connectivity index (χ1n) is 5.75. The van der Waals surface area contributed by atoms with Crippen molar-refractivity contribution in [1.82, 2.24) is 0 Å². The van der Waals surface area contributed by atoms with Crippen LogP contribution in [-0.2, 0) is 9.53 Å². The van der Waals surface area contributed by atoms with E-state index in [1.807, 2.05) is 38.1 Å². The Hall–Kier alpha value is -1.39. The fourth-order valence-corrected chi connectivity index (χ4v) is 1.94. The number of hydrogen-bond donors (Lipinski definition) is 1. The lowest BCUT2D eigenvalue weighted by Crippen LogP contribution is -2.56. The molecule has 1 aromatic rings. The molecular formula is C13H18N2O2. The maximum Gasteiger partial charge on any atom is 0.253 e. The van der Waals surface area contributed by atoms with Crippen LogP contribution in [0, 0.1) is 6.92 Å². The molecule has 0 saturated carbocycles. The van der Waals surface area contributed by atoms with Crippen LogP contribution in [0.1, 0.15) is 12.5 Å². The summed E-state index contributed by atoms with van der Waals surface area (Å²) in [5, 5.41) is 0. The molecule has 4 heteroatoms.